The van der Waals surface area contributed by atoms with Crippen LogP contribution in [0.5, 0.6) is 5.75 Å². The topological polar surface area (TPSA) is 118 Å². The van der Waals surface area contributed by atoms with Crippen LogP contribution < -0.4 is 25.6 Å². The number of hydrogen-bond donors (Lipinski definition) is 3. The van der Waals surface area contributed by atoms with Crippen molar-refractivity contribution in [1.82, 2.24) is 16.0 Å². The molecular weight excluding hydrogens is 416 g/mol. The molecule has 2 atom stereocenters. The molecule has 10 heteroatoms. The largest absolute Gasteiger partial charge is 0.473 e. The number of nitrogens with one attached hydrogen (secondary N) is 3. The fourth-order valence-corrected chi connectivity index (χ4v) is 4.06. The Morgan fingerprint density at radius 2 is 2.12 bits per heavy atom. The van der Waals surface area contributed by atoms with Gasteiger partial charge in [-0.15, -0.1) is 0 Å². The molecule has 0 bridgehead atoms. The van der Waals surface area contributed by atoms with Gasteiger partial charge in [0.05, 0.1) is 19.4 Å². The second-order valence-corrected chi connectivity index (χ2v) is 8.29. The fraction of sp³-hybridized carbons (Fsp3) is 0.591. The van der Waals surface area contributed by atoms with Gasteiger partial charge >= 0.3 is 6.09 Å². The summed E-state index contributed by atoms with van der Waals surface area (Å²) in [4.78, 5) is 39.3. The van der Waals surface area contributed by atoms with Crippen LogP contribution in [0.4, 0.5) is 10.5 Å². The number of alkyl carbamates (subject to hydrolysis) is 1. The van der Waals surface area contributed by atoms with E-state index >= 15 is 0 Å². The van der Waals surface area contributed by atoms with Crippen LogP contribution in [0.15, 0.2) is 12.1 Å². The minimum atomic E-state index is -1.23. The Kier molecular flexibility index (Phi) is 7.57. The number of ether oxygens (including phenoxy) is 3. The SMILES string of the molecule is COCC1(C)Oc2cc(C)c(C(=O)N[C@@H]3CCCNC3)cc2N(CCNC(=O)OC)C1=O. The molecule has 32 heavy (non-hydrogen) atoms. The molecule has 176 valence electrons. The second-order valence-electron chi connectivity index (χ2n) is 8.29. The third-order valence-electron chi connectivity index (χ3n) is 5.72. The van der Waals surface area contributed by atoms with Crippen molar-refractivity contribution in [3.8, 4) is 5.75 Å². The first-order valence-electron chi connectivity index (χ1n) is 10.8. The van der Waals surface area contributed by atoms with Gasteiger partial charge in [-0.3, -0.25) is 9.59 Å². The molecule has 0 aliphatic carbocycles. The number of piperidine rings is 1. The maximum absolute atomic E-state index is 13.3. The molecular formula is C22H32N4O6. The molecule has 3 amide bonds. The van der Waals surface area contributed by atoms with E-state index in [4.69, 9.17) is 9.47 Å². The number of amides is 3. The van der Waals surface area contributed by atoms with Gasteiger partial charge in [-0.25, -0.2) is 4.79 Å². The average molecular weight is 449 g/mol. The van der Waals surface area contributed by atoms with Gasteiger partial charge in [0, 0.05) is 38.3 Å². The highest BCUT2D eigenvalue weighted by Crippen LogP contribution is 2.40. The molecule has 2 heterocycles. The second kappa shape index (κ2) is 10.2. The zero-order chi connectivity index (χ0) is 23.3. The van der Waals surface area contributed by atoms with Crippen molar-refractivity contribution in [3.63, 3.8) is 0 Å². The Morgan fingerprint density at radius 1 is 1.34 bits per heavy atom. The number of methoxy groups -OCH3 is 2. The molecule has 3 N–H and O–H groups in total. The summed E-state index contributed by atoms with van der Waals surface area (Å²) in [6, 6.07) is 3.51. The number of anilines is 1. The van der Waals surface area contributed by atoms with E-state index in [2.05, 4.69) is 20.7 Å². The van der Waals surface area contributed by atoms with Crippen molar-refractivity contribution in [2.24, 2.45) is 0 Å². The highest BCUT2D eigenvalue weighted by molar-refractivity contribution is 6.05. The van der Waals surface area contributed by atoms with Gasteiger partial charge in [-0.2, -0.15) is 0 Å². The summed E-state index contributed by atoms with van der Waals surface area (Å²) >= 11 is 0. The first-order valence-corrected chi connectivity index (χ1v) is 10.8. The molecule has 2 aliphatic rings. The third-order valence-corrected chi connectivity index (χ3v) is 5.72. The lowest BCUT2D eigenvalue weighted by Crippen LogP contribution is -2.58. The van der Waals surface area contributed by atoms with E-state index in [1.807, 2.05) is 6.92 Å². The predicted molar refractivity (Wildman–Crippen MR) is 118 cm³/mol. The summed E-state index contributed by atoms with van der Waals surface area (Å²) in [5.41, 5.74) is 0.475. The van der Waals surface area contributed by atoms with Gasteiger partial charge in [0.25, 0.3) is 11.8 Å². The summed E-state index contributed by atoms with van der Waals surface area (Å²) in [7, 11) is 2.77. The minimum Gasteiger partial charge on any atom is -0.473 e. The van der Waals surface area contributed by atoms with Crippen LogP contribution >= 0.6 is 0 Å². The van der Waals surface area contributed by atoms with E-state index in [0.717, 1.165) is 31.5 Å². The Labute approximate surface area is 187 Å². The average Bonchev–Trinajstić information content (AvgIpc) is 2.76. The Morgan fingerprint density at radius 3 is 2.78 bits per heavy atom. The Hall–Kier alpha value is -2.85. The number of nitrogens with zero attached hydrogens (tertiary/aromatic N) is 1. The summed E-state index contributed by atoms with van der Waals surface area (Å²) in [5.74, 6) is -0.0230. The van der Waals surface area contributed by atoms with Crippen LogP contribution in [0.1, 0.15) is 35.7 Å². The van der Waals surface area contributed by atoms with Gasteiger partial charge in [0.15, 0.2) is 0 Å². The standard InChI is InChI=1S/C22H32N4O6/c1-14-10-18-17(11-16(14)19(27)25-15-6-5-7-23-12-15)26(9-8-24-21(29)31-4)20(28)22(2,32-18)13-30-3/h10-11,15,23H,5-9,12-13H2,1-4H3,(H,24,29)(H,25,27)/t15-,22?/m1/s1. The maximum Gasteiger partial charge on any atom is 0.406 e. The van der Waals surface area contributed by atoms with Crippen LogP contribution in [-0.4, -0.2) is 76.6 Å². The molecule has 0 saturated carbocycles. The van der Waals surface area contributed by atoms with E-state index in [1.54, 1.807) is 19.1 Å². The first-order chi connectivity index (χ1) is 15.3. The highest BCUT2D eigenvalue weighted by Gasteiger charge is 2.45. The van der Waals surface area contributed by atoms with E-state index in [9.17, 15) is 14.4 Å². The summed E-state index contributed by atoms with van der Waals surface area (Å²) < 4.78 is 15.9. The summed E-state index contributed by atoms with van der Waals surface area (Å²) in [5, 5.41) is 8.93. The van der Waals surface area contributed by atoms with Gasteiger partial charge in [-0.05, 0) is 50.9 Å². The maximum atomic E-state index is 13.3. The zero-order valence-electron chi connectivity index (χ0n) is 19.1. The molecule has 3 rings (SSSR count). The molecule has 1 fully saturated rings. The number of rotatable bonds is 7. The first kappa shape index (κ1) is 23.8. The predicted octanol–water partition coefficient (Wildman–Crippen LogP) is 0.963. The van der Waals surface area contributed by atoms with Crippen LogP contribution in [0.3, 0.4) is 0 Å². The van der Waals surface area contributed by atoms with Gasteiger partial charge in [0.1, 0.15) is 5.75 Å². The zero-order valence-corrected chi connectivity index (χ0v) is 19.1. The molecule has 10 nitrogen and oxygen atoms in total. The lowest BCUT2D eigenvalue weighted by molar-refractivity contribution is -0.138. The molecule has 1 aromatic rings. The molecule has 0 aromatic heterocycles. The number of hydrogen-bond acceptors (Lipinski definition) is 7. The molecule has 0 spiro atoms. The van der Waals surface area contributed by atoms with Crippen LogP contribution in [-0.2, 0) is 14.3 Å². The van der Waals surface area contributed by atoms with Gasteiger partial charge in [-0.1, -0.05) is 0 Å². The summed E-state index contributed by atoms with van der Waals surface area (Å²) in [6.45, 7) is 5.60. The van der Waals surface area contributed by atoms with Gasteiger partial charge < -0.3 is 35.1 Å². The van der Waals surface area contributed by atoms with Crippen molar-refractivity contribution in [3.05, 3.63) is 23.3 Å². The van der Waals surface area contributed by atoms with Crippen molar-refractivity contribution in [2.75, 3.05) is 51.9 Å². The van der Waals surface area contributed by atoms with Crippen LogP contribution in [0.25, 0.3) is 0 Å². The lowest BCUT2D eigenvalue weighted by Gasteiger charge is -2.40. The van der Waals surface area contributed by atoms with E-state index < -0.39 is 11.7 Å². The third kappa shape index (κ3) is 5.13. The van der Waals surface area contributed by atoms with Crippen molar-refractivity contribution in [2.45, 2.75) is 38.3 Å². The monoisotopic (exact) mass is 448 g/mol. The highest BCUT2D eigenvalue weighted by atomic mass is 16.5. The van der Waals surface area contributed by atoms with E-state index in [0.29, 0.717) is 17.0 Å². The lowest BCUT2D eigenvalue weighted by atomic mass is 9.98. The Bertz CT molecular complexity index is 870. The van der Waals surface area contributed by atoms with Crippen molar-refractivity contribution in [1.29, 1.82) is 0 Å². The number of carbonyl (C=O) groups excluding carboxylic acids is 3. The molecule has 0 radical (unpaired) electrons. The number of benzene rings is 1. The smallest absolute Gasteiger partial charge is 0.406 e. The van der Waals surface area contributed by atoms with Crippen LogP contribution in [0, 0.1) is 6.92 Å². The van der Waals surface area contributed by atoms with Crippen LogP contribution in [0.2, 0.25) is 0 Å². The quantitative estimate of drug-likeness (QED) is 0.569. The van der Waals surface area contributed by atoms with Crippen molar-refractivity contribution < 1.29 is 28.6 Å². The van der Waals surface area contributed by atoms with Gasteiger partial charge in [0.2, 0.25) is 5.60 Å². The number of aryl methyl sites for hydroxylation is 1. The normalized spacial score (nSPS) is 22.6. The Balaban J connectivity index is 1.90. The number of fused-ring (bicyclic) bond motifs is 1. The molecule has 1 aromatic carbocycles. The van der Waals surface area contributed by atoms with E-state index in [-0.39, 0.29) is 37.6 Å². The number of carbonyl (C=O) groups is 3. The molecule has 1 saturated heterocycles. The fourth-order valence-electron chi connectivity index (χ4n) is 4.06. The summed E-state index contributed by atoms with van der Waals surface area (Å²) in [6.07, 6.45) is 1.34. The minimum absolute atomic E-state index is 0.0577. The molecule has 1 unspecified atom stereocenters. The molecule has 2 aliphatic heterocycles. The van der Waals surface area contributed by atoms with Crippen molar-refractivity contribution >= 4 is 23.6 Å². The van der Waals surface area contributed by atoms with E-state index in [1.165, 1.54) is 19.1 Å².